The lowest BCUT2D eigenvalue weighted by Gasteiger charge is -2.64. The maximum atomic E-state index is 5.47. The first-order valence-electron chi connectivity index (χ1n) is 9.63. The van der Waals surface area contributed by atoms with Gasteiger partial charge in [0.05, 0.1) is 7.11 Å². The van der Waals surface area contributed by atoms with Gasteiger partial charge >= 0.3 is 0 Å². The predicted molar refractivity (Wildman–Crippen MR) is 103 cm³/mol. The van der Waals surface area contributed by atoms with Crippen LogP contribution in [-0.2, 0) is 5.41 Å². The molecule has 1 aliphatic heterocycles. The zero-order valence-corrected chi connectivity index (χ0v) is 16.8. The van der Waals surface area contributed by atoms with Crippen LogP contribution in [-0.4, -0.2) is 12.9 Å². The van der Waals surface area contributed by atoms with Crippen molar-refractivity contribution < 1.29 is 4.74 Å². The van der Waals surface area contributed by atoms with Crippen LogP contribution < -0.4 is 4.74 Å². The molecule has 1 heterocycles. The van der Waals surface area contributed by atoms with Gasteiger partial charge in [0.15, 0.2) is 0 Å². The van der Waals surface area contributed by atoms with Gasteiger partial charge in [-0.25, -0.2) is 0 Å². The summed E-state index contributed by atoms with van der Waals surface area (Å²) in [5, 5.41) is 0. The first kappa shape index (κ1) is 16.8. The van der Waals surface area contributed by atoms with Crippen LogP contribution in [0.1, 0.15) is 65.4 Å². The van der Waals surface area contributed by atoms with E-state index in [4.69, 9.17) is 4.74 Å². The van der Waals surface area contributed by atoms with Crippen LogP contribution in [0.15, 0.2) is 23.1 Å². The van der Waals surface area contributed by atoms with Crippen molar-refractivity contribution >= 4 is 11.8 Å². The second-order valence-corrected chi connectivity index (χ2v) is 10.6. The van der Waals surface area contributed by atoms with Gasteiger partial charge in [0.2, 0.25) is 0 Å². The Balaban J connectivity index is 1.78. The Labute approximate surface area is 151 Å². The van der Waals surface area contributed by atoms with Crippen LogP contribution in [0.25, 0.3) is 0 Å². The third-order valence-electron chi connectivity index (χ3n) is 8.00. The number of ether oxygens (including phenoxy) is 1. The highest BCUT2D eigenvalue weighted by Crippen LogP contribution is 2.67. The fourth-order valence-electron chi connectivity index (χ4n) is 6.74. The smallest absolute Gasteiger partial charge is 0.119 e. The summed E-state index contributed by atoms with van der Waals surface area (Å²) in [6, 6.07) is 6.80. The molecule has 2 fully saturated rings. The molecule has 0 bridgehead atoms. The number of hydrogen-bond acceptors (Lipinski definition) is 2. The topological polar surface area (TPSA) is 9.23 Å². The van der Waals surface area contributed by atoms with Crippen LogP contribution in [0.4, 0.5) is 0 Å². The second kappa shape index (κ2) is 5.43. The molecular weight excluding hydrogens is 312 g/mol. The SMILES string of the molecule is COc1ccc2c(c1)SCC1C2(C)CCC2C(C)(C)CCCC21C. The van der Waals surface area contributed by atoms with Crippen LogP contribution in [0.3, 0.4) is 0 Å². The van der Waals surface area contributed by atoms with Crippen molar-refractivity contribution in [2.45, 2.75) is 70.1 Å². The van der Waals surface area contributed by atoms with Crippen molar-refractivity contribution in [1.82, 2.24) is 0 Å². The summed E-state index contributed by atoms with van der Waals surface area (Å²) in [7, 11) is 1.77. The van der Waals surface area contributed by atoms with E-state index < -0.39 is 0 Å². The molecule has 0 radical (unpaired) electrons. The molecule has 1 aromatic carbocycles. The second-order valence-electron chi connectivity index (χ2n) is 9.58. The standard InChI is InChI=1S/C22H32OS/c1-20(2)10-6-11-22(4)18(20)9-12-21(3)16-8-7-15(23-5)13-17(16)24-14-19(21)22/h7-8,13,18-19H,6,9-12,14H2,1-5H3. The Morgan fingerprint density at radius 3 is 2.58 bits per heavy atom. The minimum absolute atomic E-state index is 0.339. The van der Waals surface area contributed by atoms with E-state index in [0.29, 0.717) is 16.2 Å². The molecule has 0 amide bonds. The lowest BCUT2D eigenvalue weighted by Crippen LogP contribution is -2.58. The molecule has 24 heavy (non-hydrogen) atoms. The maximum Gasteiger partial charge on any atom is 0.119 e. The van der Waals surface area contributed by atoms with E-state index in [2.05, 4.69) is 57.7 Å². The largest absolute Gasteiger partial charge is 0.497 e. The molecular formula is C22H32OS. The summed E-state index contributed by atoms with van der Waals surface area (Å²) in [5.41, 5.74) is 2.94. The molecule has 2 aliphatic carbocycles. The average molecular weight is 345 g/mol. The Morgan fingerprint density at radius 1 is 1.04 bits per heavy atom. The van der Waals surface area contributed by atoms with E-state index in [1.54, 1.807) is 12.7 Å². The molecule has 0 spiro atoms. The number of thioether (sulfide) groups is 1. The number of benzene rings is 1. The molecule has 0 N–H and O–H groups in total. The molecule has 1 aromatic rings. The van der Waals surface area contributed by atoms with Gasteiger partial charge in [0.1, 0.15) is 5.75 Å². The Bertz CT molecular complexity index is 651. The molecule has 0 saturated heterocycles. The lowest BCUT2D eigenvalue weighted by molar-refractivity contribution is -0.0973. The number of fused-ring (bicyclic) bond motifs is 5. The fourth-order valence-corrected chi connectivity index (χ4v) is 8.49. The Kier molecular flexibility index (Phi) is 3.81. The molecule has 3 aliphatic rings. The average Bonchev–Trinajstić information content (AvgIpc) is 2.53. The van der Waals surface area contributed by atoms with E-state index >= 15 is 0 Å². The molecule has 1 nitrogen and oxygen atoms in total. The molecule has 4 unspecified atom stereocenters. The summed E-state index contributed by atoms with van der Waals surface area (Å²) in [5.74, 6) is 3.97. The molecule has 2 saturated carbocycles. The van der Waals surface area contributed by atoms with E-state index in [0.717, 1.165) is 17.6 Å². The monoisotopic (exact) mass is 344 g/mol. The van der Waals surface area contributed by atoms with E-state index in [-0.39, 0.29) is 0 Å². The highest BCUT2D eigenvalue weighted by Gasteiger charge is 2.59. The van der Waals surface area contributed by atoms with Crippen LogP contribution >= 0.6 is 11.8 Å². The van der Waals surface area contributed by atoms with Crippen molar-refractivity contribution in [3.05, 3.63) is 23.8 Å². The first-order chi connectivity index (χ1) is 11.3. The summed E-state index contributed by atoms with van der Waals surface area (Å²) < 4.78 is 5.47. The van der Waals surface area contributed by atoms with Gasteiger partial charge in [-0.05, 0) is 71.5 Å². The summed E-state index contributed by atoms with van der Waals surface area (Å²) >= 11 is 2.08. The molecule has 2 heteroatoms. The normalized spacial score (nSPS) is 40.2. The molecule has 4 atom stereocenters. The van der Waals surface area contributed by atoms with Crippen molar-refractivity contribution in [2.75, 3.05) is 12.9 Å². The third kappa shape index (κ3) is 2.21. The molecule has 0 aromatic heterocycles. The summed E-state index contributed by atoms with van der Waals surface area (Å²) in [6.45, 7) is 10.3. The fraction of sp³-hybridized carbons (Fsp3) is 0.727. The maximum absolute atomic E-state index is 5.47. The Morgan fingerprint density at radius 2 is 1.83 bits per heavy atom. The quantitative estimate of drug-likeness (QED) is 0.591. The van der Waals surface area contributed by atoms with Gasteiger partial charge in [-0.2, -0.15) is 0 Å². The first-order valence-corrected chi connectivity index (χ1v) is 10.6. The minimum Gasteiger partial charge on any atom is -0.497 e. The highest BCUT2D eigenvalue weighted by atomic mass is 32.2. The number of methoxy groups -OCH3 is 1. The summed E-state index contributed by atoms with van der Waals surface area (Å²) in [6.07, 6.45) is 6.99. The van der Waals surface area contributed by atoms with Gasteiger partial charge in [0, 0.05) is 10.6 Å². The van der Waals surface area contributed by atoms with Gasteiger partial charge < -0.3 is 4.74 Å². The highest BCUT2D eigenvalue weighted by molar-refractivity contribution is 7.99. The zero-order valence-electron chi connectivity index (χ0n) is 15.9. The number of hydrogen-bond donors (Lipinski definition) is 0. The van der Waals surface area contributed by atoms with Gasteiger partial charge in [-0.15, -0.1) is 11.8 Å². The lowest BCUT2D eigenvalue weighted by atomic mass is 9.43. The van der Waals surface area contributed by atoms with E-state index in [9.17, 15) is 0 Å². The van der Waals surface area contributed by atoms with Gasteiger partial charge in [0.25, 0.3) is 0 Å². The Hall–Kier alpha value is -0.630. The zero-order chi connectivity index (χ0) is 17.2. The van der Waals surface area contributed by atoms with Crippen LogP contribution in [0, 0.1) is 22.7 Å². The minimum atomic E-state index is 0.339. The van der Waals surface area contributed by atoms with Gasteiger partial charge in [-0.3, -0.25) is 0 Å². The third-order valence-corrected chi connectivity index (χ3v) is 9.15. The van der Waals surface area contributed by atoms with Crippen LogP contribution in [0.5, 0.6) is 5.75 Å². The van der Waals surface area contributed by atoms with Crippen molar-refractivity contribution in [3.63, 3.8) is 0 Å². The van der Waals surface area contributed by atoms with Crippen molar-refractivity contribution in [3.8, 4) is 5.75 Å². The molecule has 4 rings (SSSR count). The van der Waals surface area contributed by atoms with Gasteiger partial charge in [-0.1, -0.05) is 40.2 Å². The molecule has 132 valence electrons. The van der Waals surface area contributed by atoms with E-state index in [1.807, 2.05) is 0 Å². The van der Waals surface area contributed by atoms with E-state index in [1.165, 1.54) is 42.8 Å². The number of rotatable bonds is 1. The predicted octanol–water partition coefficient (Wildman–Crippen LogP) is 6.30. The summed E-state index contributed by atoms with van der Waals surface area (Å²) in [4.78, 5) is 1.46. The van der Waals surface area contributed by atoms with Crippen LogP contribution in [0.2, 0.25) is 0 Å². The van der Waals surface area contributed by atoms with Crippen molar-refractivity contribution in [1.29, 1.82) is 0 Å². The van der Waals surface area contributed by atoms with Crippen molar-refractivity contribution in [2.24, 2.45) is 22.7 Å².